The fourth-order valence-electron chi connectivity index (χ4n) is 1.29. The molecule has 0 radical (unpaired) electrons. The Hall–Kier alpha value is -1.39. The second-order valence-corrected chi connectivity index (χ2v) is 4.95. The number of benzene rings is 1. The molecular weight excluding hydrogens is 258 g/mol. The first kappa shape index (κ1) is 12.1. The van der Waals surface area contributed by atoms with Crippen LogP contribution in [0.25, 0.3) is 0 Å². The van der Waals surface area contributed by atoms with Crippen molar-refractivity contribution in [2.45, 2.75) is 13.8 Å². The van der Waals surface area contributed by atoms with E-state index >= 15 is 0 Å². The first-order valence-corrected chi connectivity index (χ1v) is 6.16. The molecule has 0 fully saturated rings. The van der Waals surface area contributed by atoms with Gasteiger partial charge in [-0.15, -0.1) is 0 Å². The van der Waals surface area contributed by atoms with Crippen LogP contribution in [0.1, 0.15) is 20.8 Å². The topological polar surface area (TPSA) is 39.2 Å². The minimum atomic E-state index is 0.184. The maximum atomic E-state index is 10.6. The van der Waals surface area contributed by atoms with Crippen molar-refractivity contribution in [3.63, 3.8) is 0 Å². The second kappa shape index (κ2) is 4.85. The molecule has 0 unspecified atom stereocenters. The molecule has 0 atom stereocenters. The Morgan fingerprint density at radius 2 is 2.12 bits per heavy atom. The number of nitrogens with zero attached hydrogens (tertiary/aromatic N) is 1. The minimum absolute atomic E-state index is 0.184. The fraction of sp³-hybridized carbons (Fsp3) is 0.167. The fourth-order valence-corrected chi connectivity index (χ4v) is 2.22. The van der Waals surface area contributed by atoms with Crippen LogP contribution >= 0.6 is 22.9 Å². The van der Waals surface area contributed by atoms with E-state index in [2.05, 4.69) is 4.98 Å². The number of hydrogen-bond acceptors (Lipinski definition) is 4. The SMILES string of the molecule is Cc1ccc(Oc2nc(Cl)c(C=O)s2)cc1C. The Kier molecular flexibility index (Phi) is 3.45. The van der Waals surface area contributed by atoms with E-state index in [1.807, 2.05) is 32.0 Å². The number of carbonyl (C=O) groups is 1. The Morgan fingerprint density at radius 3 is 2.71 bits per heavy atom. The van der Waals surface area contributed by atoms with Gasteiger partial charge in [0.2, 0.25) is 0 Å². The van der Waals surface area contributed by atoms with Gasteiger partial charge in [0.15, 0.2) is 11.4 Å². The third kappa shape index (κ3) is 2.65. The molecule has 1 aromatic carbocycles. The average molecular weight is 268 g/mol. The number of rotatable bonds is 3. The minimum Gasteiger partial charge on any atom is -0.431 e. The Balaban J connectivity index is 2.25. The number of carbonyl (C=O) groups excluding carboxylic acids is 1. The lowest BCUT2D eigenvalue weighted by Gasteiger charge is -2.04. The summed E-state index contributed by atoms with van der Waals surface area (Å²) in [5.41, 5.74) is 2.34. The molecule has 0 N–H and O–H groups in total. The van der Waals surface area contributed by atoms with Crippen LogP contribution in [0.4, 0.5) is 0 Å². The lowest BCUT2D eigenvalue weighted by Crippen LogP contribution is -1.86. The largest absolute Gasteiger partial charge is 0.431 e. The summed E-state index contributed by atoms with van der Waals surface area (Å²) < 4.78 is 5.54. The van der Waals surface area contributed by atoms with E-state index in [0.29, 0.717) is 22.1 Å². The number of aldehydes is 1. The highest BCUT2D eigenvalue weighted by Crippen LogP contribution is 2.31. The molecule has 88 valence electrons. The molecule has 2 aromatic rings. The van der Waals surface area contributed by atoms with Gasteiger partial charge < -0.3 is 4.74 Å². The van der Waals surface area contributed by atoms with Crippen molar-refractivity contribution < 1.29 is 9.53 Å². The normalized spacial score (nSPS) is 10.3. The van der Waals surface area contributed by atoms with E-state index in [9.17, 15) is 4.79 Å². The monoisotopic (exact) mass is 267 g/mol. The first-order chi connectivity index (χ1) is 8.10. The summed E-state index contributed by atoms with van der Waals surface area (Å²) in [6, 6.07) is 5.75. The average Bonchev–Trinajstić information content (AvgIpc) is 2.64. The maximum Gasteiger partial charge on any atom is 0.280 e. The molecule has 0 aliphatic carbocycles. The Labute approximate surface area is 108 Å². The van der Waals surface area contributed by atoms with Crippen LogP contribution in [0, 0.1) is 13.8 Å². The van der Waals surface area contributed by atoms with Gasteiger partial charge in [-0.2, -0.15) is 4.98 Å². The predicted octanol–water partition coefficient (Wildman–Crippen LogP) is 4.02. The summed E-state index contributed by atoms with van der Waals surface area (Å²) in [6.45, 7) is 4.04. The standard InChI is InChI=1S/C12H10ClNO2S/c1-7-3-4-9(5-8(7)2)16-12-14-11(13)10(6-15)17-12/h3-6H,1-2H3. The molecule has 2 rings (SSSR count). The van der Waals surface area contributed by atoms with E-state index in [-0.39, 0.29) is 5.15 Å². The van der Waals surface area contributed by atoms with E-state index < -0.39 is 0 Å². The summed E-state index contributed by atoms with van der Waals surface area (Å²) in [6.07, 6.45) is 0.674. The number of aromatic nitrogens is 1. The molecule has 0 amide bonds. The van der Waals surface area contributed by atoms with Crippen LogP contribution in [0.2, 0.25) is 5.15 Å². The highest BCUT2D eigenvalue weighted by molar-refractivity contribution is 7.15. The third-order valence-electron chi connectivity index (χ3n) is 2.38. The van der Waals surface area contributed by atoms with Crippen molar-refractivity contribution >= 4 is 29.2 Å². The van der Waals surface area contributed by atoms with E-state index in [4.69, 9.17) is 16.3 Å². The van der Waals surface area contributed by atoms with Crippen molar-refractivity contribution in [2.75, 3.05) is 0 Å². The van der Waals surface area contributed by atoms with Crippen molar-refractivity contribution in [3.05, 3.63) is 39.4 Å². The van der Waals surface area contributed by atoms with Gasteiger partial charge in [0.25, 0.3) is 5.19 Å². The molecule has 0 aliphatic rings. The molecule has 0 saturated heterocycles. The van der Waals surface area contributed by atoms with Crippen LogP contribution in [0.15, 0.2) is 18.2 Å². The quantitative estimate of drug-likeness (QED) is 0.789. The molecule has 1 aromatic heterocycles. The number of thiazole rings is 1. The third-order valence-corrected chi connectivity index (χ3v) is 3.64. The Morgan fingerprint density at radius 1 is 1.35 bits per heavy atom. The lowest BCUT2D eigenvalue weighted by atomic mass is 10.1. The number of ether oxygens (including phenoxy) is 1. The highest BCUT2D eigenvalue weighted by Gasteiger charge is 2.10. The maximum absolute atomic E-state index is 10.6. The highest BCUT2D eigenvalue weighted by atomic mass is 35.5. The van der Waals surface area contributed by atoms with Crippen LogP contribution in [0.3, 0.4) is 0 Å². The smallest absolute Gasteiger partial charge is 0.280 e. The second-order valence-electron chi connectivity index (χ2n) is 3.60. The van der Waals surface area contributed by atoms with Crippen molar-refractivity contribution in [2.24, 2.45) is 0 Å². The van der Waals surface area contributed by atoms with Crippen LogP contribution in [-0.2, 0) is 0 Å². The van der Waals surface area contributed by atoms with Crippen molar-refractivity contribution in [1.82, 2.24) is 4.98 Å². The summed E-state index contributed by atoms with van der Waals surface area (Å²) in [4.78, 5) is 15.0. The van der Waals surface area contributed by atoms with Gasteiger partial charge in [-0.05, 0) is 37.1 Å². The molecule has 0 saturated carbocycles. The van der Waals surface area contributed by atoms with Gasteiger partial charge in [0.1, 0.15) is 10.6 Å². The van der Waals surface area contributed by atoms with Crippen LogP contribution in [-0.4, -0.2) is 11.3 Å². The molecule has 0 aliphatic heterocycles. The summed E-state index contributed by atoms with van der Waals surface area (Å²) in [5.74, 6) is 0.691. The number of halogens is 1. The van der Waals surface area contributed by atoms with Crippen LogP contribution in [0.5, 0.6) is 10.9 Å². The first-order valence-electron chi connectivity index (χ1n) is 4.97. The van der Waals surface area contributed by atoms with Gasteiger partial charge in [0.05, 0.1) is 0 Å². The molecular formula is C12H10ClNO2S. The molecule has 5 heteroatoms. The van der Waals surface area contributed by atoms with Gasteiger partial charge in [-0.1, -0.05) is 29.0 Å². The Bertz CT molecular complexity index is 566. The zero-order chi connectivity index (χ0) is 12.4. The van der Waals surface area contributed by atoms with Gasteiger partial charge in [0, 0.05) is 0 Å². The lowest BCUT2D eigenvalue weighted by molar-refractivity contribution is 0.112. The zero-order valence-electron chi connectivity index (χ0n) is 9.36. The van der Waals surface area contributed by atoms with E-state index in [1.165, 1.54) is 5.56 Å². The summed E-state index contributed by atoms with van der Waals surface area (Å²) in [5, 5.41) is 0.559. The van der Waals surface area contributed by atoms with Gasteiger partial charge in [-0.25, -0.2) is 0 Å². The molecule has 3 nitrogen and oxygen atoms in total. The molecule has 0 bridgehead atoms. The zero-order valence-corrected chi connectivity index (χ0v) is 10.9. The van der Waals surface area contributed by atoms with Gasteiger partial charge >= 0.3 is 0 Å². The van der Waals surface area contributed by atoms with Crippen molar-refractivity contribution in [1.29, 1.82) is 0 Å². The van der Waals surface area contributed by atoms with Gasteiger partial charge in [-0.3, -0.25) is 4.79 Å². The summed E-state index contributed by atoms with van der Waals surface area (Å²) >= 11 is 6.89. The molecule has 1 heterocycles. The number of hydrogen-bond donors (Lipinski definition) is 0. The van der Waals surface area contributed by atoms with Crippen molar-refractivity contribution in [3.8, 4) is 10.9 Å². The molecule has 0 spiro atoms. The van der Waals surface area contributed by atoms with E-state index in [0.717, 1.165) is 16.9 Å². The van der Waals surface area contributed by atoms with Crippen LogP contribution < -0.4 is 4.74 Å². The molecule has 17 heavy (non-hydrogen) atoms. The summed E-state index contributed by atoms with van der Waals surface area (Å²) in [7, 11) is 0. The number of aryl methyl sites for hydroxylation is 2. The van der Waals surface area contributed by atoms with E-state index in [1.54, 1.807) is 0 Å². The predicted molar refractivity (Wildman–Crippen MR) is 68.5 cm³/mol.